The van der Waals surface area contributed by atoms with E-state index in [9.17, 15) is 18.3 Å². The van der Waals surface area contributed by atoms with E-state index in [1.165, 1.54) is 32.0 Å². The Morgan fingerprint density at radius 2 is 2.08 bits per heavy atom. The third-order valence-electron chi connectivity index (χ3n) is 3.69. The lowest BCUT2D eigenvalue weighted by Gasteiger charge is -2.30. The van der Waals surface area contributed by atoms with Gasteiger partial charge in [0, 0.05) is 32.4 Å². The van der Waals surface area contributed by atoms with Crippen molar-refractivity contribution in [1.29, 1.82) is 0 Å². The molecule has 0 aromatic carbocycles. The van der Waals surface area contributed by atoms with E-state index in [0.717, 1.165) is 4.57 Å². The fourth-order valence-electron chi connectivity index (χ4n) is 2.41. The molecule has 0 aliphatic rings. The van der Waals surface area contributed by atoms with Crippen molar-refractivity contribution in [2.75, 3.05) is 11.9 Å². The van der Waals surface area contributed by atoms with Crippen LogP contribution in [-0.2, 0) is 12.6 Å². The van der Waals surface area contributed by atoms with Crippen molar-refractivity contribution in [2.45, 2.75) is 18.2 Å². The molecule has 3 heterocycles. The monoisotopic (exact) mass is 341 g/mol. The van der Waals surface area contributed by atoms with Gasteiger partial charge in [-0.1, -0.05) is 0 Å². The maximum absolute atomic E-state index is 13.4. The number of anilines is 1. The molecule has 8 nitrogen and oxygen atoms in total. The maximum atomic E-state index is 13.4. The summed E-state index contributed by atoms with van der Waals surface area (Å²) in [6.45, 7) is -0.180. The normalized spacial score (nSPS) is 14.7. The molecule has 0 radical (unpaired) electrons. The summed E-state index contributed by atoms with van der Waals surface area (Å²) in [6.07, 6.45) is -0.225. The first-order valence-corrected chi connectivity index (χ1v) is 6.98. The van der Waals surface area contributed by atoms with Crippen LogP contribution in [0.15, 0.2) is 24.9 Å². The summed E-state index contributed by atoms with van der Waals surface area (Å²) in [5.41, 5.74) is -2.61. The number of aromatic nitrogens is 6. The Kier molecular flexibility index (Phi) is 3.87. The van der Waals surface area contributed by atoms with Crippen LogP contribution in [0, 0.1) is 0 Å². The van der Waals surface area contributed by atoms with Gasteiger partial charge in [0.1, 0.15) is 18.0 Å². The largest absolute Gasteiger partial charge is 0.424 e. The molecule has 3 aromatic rings. The maximum Gasteiger partial charge on any atom is 0.424 e. The topological polar surface area (TPSA) is 105 Å². The number of nitrogens with one attached hydrogen (secondary N) is 2. The van der Waals surface area contributed by atoms with Gasteiger partial charge in [-0.15, -0.1) is 0 Å². The molecule has 0 bridgehead atoms. The molecule has 11 heteroatoms. The Labute approximate surface area is 133 Å². The summed E-state index contributed by atoms with van der Waals surface area (Å²) in [7, 11) is 1.39. The minimum Gasteiger partial charge on any atom is -0.374 e. The Hall–Kier alpha value is -2.69. The number of alkyl halides is 3. The summed E-state index contributed by atoms with van der Waals surface area (Å²) >= 11 is 0. The van der Waals surface area contributed by atoms with E-state index in [1.54, 1.807) is 0 Å². The van der Waals surface area contributed by atoms with Crippen molar-refractivity contribution in [3.05, 3.63) is 30.7 Å². The smallest absolute Gasteiger partial charge is 0.374 e. The molecule has 128 valence electrons. The Bertz CT molecular complexity index is 843. The van der Waals surface area contributed by atoms with E-state index in [-0.39, 0.29) is 6.54 Å². The molecule has 3 N–H and O–H groups in total. The van der Waals surface area contributed by atoms with Crippen LogP contribution in [0.5, 0.6) is 0 Å². The van der Waals surface area contributed by atoms with E-state index in [1.807, 2.05) is 0 Å². The van der Waals surface area contributed by atoms with Crippen molar-refractivity contribution in [3.63, 3.8) is 0 Å². The molecule has 24 heavy (non-hydrogen) atoms. The van der Waals surface area contributed by atoms with Gasteiger partial charge in [-0.05, 0) is 0 Å². The summed E-state index contributed by atoms with van der Waals surface area (Å²) in [5, 5.41) is 20.0. The lowest BCUT2D eigenvalue weighted by atomic mass is 9.97. The number of aromatic amines is 1. The van der Waals surface area contributed by atoms with Gasteiger partial charge in [-0.2, -0.15) is 18.3 Å². The second-order valence-electron chi connectivity index (χ2n) is 5.25. The van der Waals surface area contributed by atoms with Crippen LogP contribution in [0.1, 0.15) is 12.2 Å². The second-order valence-corrected chi connectivity index (χ2v) is 5.25. The molecular weight excluding hydrogens is 327 g/mol. The molecule has 0 aliphatic heterocycles. The third-order valence-corrected chi connectivity index (χ3v) is 3.69. The zero-order valence-electron chi connectivity index (χ0n) is 12.5. The average molecular weight is 341 g/mol. The van der Waals surface area contributed by atoms with E-state index in [0.29, 0.717) is 16.9 Å². The first-order chi connectivity index (χ1) is 11.3. The predicted molar refractivity (Wildman–Crippen MR) is 78.0 cm³/mol. The molecule has 0 spiro atoms. The lowest BCUT2D eigenvalue weighted by Crippen LogP contribution is -2.45. The van der Waals surface area contributed by atoms with Crippen LogP contribution in [-0.4, -0.2) is 47.5 Å². The number of nitrogens with zero attached hydrogens (tertiary/aromatic N) is 5. The van der Waals surface area contributed by atoms with Gasteiger partial charge in [0.05, 0.1) is 11.6 Å². The highest BCUT2D eigenvalue weighted by Crippen LogP contribution is 2.40. The van der Waals surface area contributed by atoms with Crippen molar-refractivity contribution in [1.82, 2.24) is 29.7 Å². The number of hydrogen-bond acceptors (Lipinski definition) is 6. The number of H-pyrrole nitrogens is 1. The van der Waals surface area contributed by atoms with Gasteiger partial charge in [0.2, 0.25) is 5.60 Å². The minimum atomic E-state index is -4.87. The van der Waals surface area contributed by atoms with Crippen LogP contribution in [0.4, 0.5) is 19.0 Å². The highest BCUT2D eigenvalue weighted by Gasteiger charge is 2.57. The van der Waals surface area contributed by atoms with Gasteiger partial charge in [0.15, 0.2) is 5.65 Å². The van der Waals surface area contributed by atoms with Gasteiger partial charge in [-0.25, -0.2) is 15.0 Å². The highest BCUT2D eigenvalue weighted by atomic mass is 19.4. The van der Waals surface area contributed by atoms with E-state index in [2.05, 4.69) is 30.5 Å². The third kappa shape index (κ3) is 2.66. The number of fused-ring (bicyclic) bond motifs is 1. The minimum absolute atomic E-state index is 0.180. The number of aryl methyl sites for hydroxylation is 1. The standard InChI is InChI=1S/C13H14F3N7O/c1-23-5-4-18-11(23)12(24,13(14,15)16)2-3-17-9-8-6-21-22-10(8)20-7-19-9/h4-7,24H,2-3H2,1H3,(H2,17,19,20,21,22). The second kappa shape index (κ2) is 5.74. The number of rotatable bonds is 5. The summed E-state index contributed by atoms with van der Waals surface area (Å²) in [6, 6.07) is 0. The van der Waals surface area contributed by atoms with Gasteiger partial charge in [0.25, 0.3) is 0 Å². The zero-order chi connectivity index (χ0) is 17.4. The number of hydrogen-bond donors (Lipinski definition) is 3. The van der Waals surface area contributed by atoms with Crippen LogP contribution >= 0.6 is 0 Å². The molecule has 3 aromatic heterocycles. The van der Waals surface area contributed by atoms with Gasteiger partial charge >= 0.3 is 6.18 Å². The number of imidazole rings is 1. The van der Waals surface area contributed by atoms with Crippen LogP contribution in [0.2, 0.25) is 0 Å². The summed E-state index contributed by atoms with van der Waals surface area (Å²) < 4.78 is 41.4. The number of aliphatic hydroxyl groups is 1. The Balaban J connectivity index is 1.80. The predicted octanol–water partition coefficient (Wildman–Crippen LogP) is 1.34. The van der Waals surface area contributed by atoms with Crippen molar-refractivity contribution < 1.29 is 18.3 Å². The zero-order valence-corrected chi connectivity index (χ0v) is 12.5. The first-order valence-electron chi connectivity index (χ1n) is 6.98. The van der Waals surface area contributed by atoms with Gasteiger partial charge < -0.3 is 15.0 Å². The molecular formula is C13H14F3N7O. The molecule has 0 aliphatic carbocycles. The van der Waals surface area contributed by atoms with E-state index in [4.69, 9.17) is 0 Å². The van der Waals surface area contributed by atoms with E-state index >= 15 is 0 Å². The molecule has 3 rings (SSSR count). The van der Waals surface area contributed by atoms with Crippen molar-refractivity contribution in [3.8, 4) is 0 Å². The number of halogens is 3. The molecule has 1 unspecified atom stereocenters. The average Bonchev–Trinajstić information content (AvgIpc) is 3.15. The Morgan fingerprint density at radius 1 is 1.29 bits per heavy atom. The summed E-state index contributed by atoms with van der Waals surface area (Å²) in [4.78, 5) is 11.6. The molecule has 0 saturated carbocycles. The van der Waals surface area contributed by atoms with Gasteiger partial charge in [-0.3, -0.25) is 5.10 Å². The Morgan fingerprint density at radius 3 is 2.75 bits per heavy atom. The molecule has 0 fully saturated rings. The van der Waals surface area contributed by atoms with Crippen LogP contribution < -0.4 is 5.32 Å². The first kappa shape index (κ1) is 16.2. The SMILES string of the molecule is Cn1ccnc1C(O)(CCNc1ncnc2[nH]ncc12)C(F)(F)F. The van der Waals surface area contributed by atoms with Crippen LogP contribution in [0.3, 0.4) is 0 Å². The molecule has 0 amide bonds. The summed E-state index contributed by atoms with van der Waals surface area (Å²) in [5.74, 6) is -0.133. The van der Waals surface area contributed by atoms with Crippen molar-refractivity contribution in [2.24, 2.45) is 7.05 Å². The highest BCUT2D eigenvalue weighted by molar-refractivity contribution is 5.85. The quantitative estimate of drug-likeness (QED) is 0.647. The van der Waals surface area contributed by atoms with E-state index < -0.39 is 24.0 Å². The fourth-order valence-corrected chi connectivity index (χ4v) is 2.41. The lowest BCUT2D eigenvalue weighted by molar-refractivity contribution is -0.271. The molecule has 0 saturated heterocycles. The van der Waals surface area contributed by atoms with Crippen molar-refractivity contribution >= 4 is 16.9 Å². The fraction of sp³-hybridized carbons (Fsp3) is 0.385. The molecule has 1 atom stereocenters. The van der Waals surface area contributed by atoms with Crippen LogP contribution in [0.25, 0.3) is 11.0 Å².